The van der Waals surface area contributed by atoms with Crippen molar-refractivity contribution in [2.45, 2.75) is 31.7 Å². The zero-order valence-corrected chi connectivity index (χ0v) is 12.4. The lowest BCUT2D eigenvalue weighted by Crippen LogP contribution is -2.47. The lowest BCUT2D eigenvalue weighted by Gasteiger charge is -2.35. The van der Waals surface area contributed by atoms with Gasteiger partial charge in [-0.3, -0.25) is 9.80 Å². The molecule has 4 heteroatoms. The molecule has 0 aliphatic carbocycles. The maximum absolute atomic E-state index is 5.75. The summed E-state index contributed by atoms with van der Waals surface area (Å²) in [7, 11) is 0. The van der Waals surface area contributed by atoms with E-state index in [0.29, 0.717) is 6.04 Å². The molecule has 2 aliphatic heterocycles. The van der Waals surface area contributed by atoms with Crippen molar-refractivity contribution in [2.75, 3.05) is 45.8 Å². The van der Waals surface area contributed by atoms with E-state index in [1.165, 1.54) is 38.8 Å². The Kier molecular flexibility index (Phi) is 5.12. The zero-order valence-electron chi connectivity index (χ0n) is 12.4. The van der Waals surface area contributed by atoms with E-state index in [1.807, 2.05) is 12.3 Å². The van der Waals surface area contributed by atoms with Gasteiger partial charge in [0.05, 0.1) is 12.3 Å². The molecule has 3 rings (SSSR count). The number of piperazine rings is 1. The minimum Gasteiger partial charge on any atom is -0.468 e. The number of hydrogen-bond donors (Lipinski definition) is 1. The second kappa shape index (κ2) is 7.25. The first-order valence-corrected chi connectivity index (χ1v) is 8.14. The van der Waals surface area contributed by atoms with Gasteiger partial charge in [-0.05, 0) is 38.1 Å². The molecule has 1 unspecified atom stereocenters. The highest BCUT2D eigenvalue weighted by atomic mass is 16.3. The summed E-state index contributed by atoms with van der Waals surface area (Å²) in [4.78, 5) is 5.22. The Morgan fingerprint density at radius 3 is 2.45 bits per heavy atom. The van der Waals surface area contributed by atoms with Gasteiger partial charge in [0.2, 0.25) is 0 Å². The van der Waals surface area contributed by atoms with Crippen LogP contribution in [-0.4, -0.2) is 55.6 Å². The van der Waals surface area contributed by atoms with Crippen LogP contribution < -0.4 is 5.32 Å². The third kappa shape index (κ3) is 3.62. The van der Waals surface area contributed by atoms with E-state index in [2.05, 4.69) is 21.2 Å². The van der Waals surface area contributed by atoms with Crippen LogP contribution in [0.5, 0.6) is 0 Å². The molecule has 0 bridgehead atoms. The Labute approximate surface area is 122 Å². The summed E-state index contributed by atoms with van der Waals surface area (Å²) in [5.74, 6) is 1.14. The average Bonchev–Trinajstić information content (AvgIpc) is 2.88. The fourth-order valence-electron chi connectivity index (χ4n) is 3.41. The van der Waals surface area contributed by atoms with Crippen molar-refractivity contribution in [1.82, 2.24) is 15.1 Å². The van der Waals surface area contributed by atoms with Crippen LogP contribution >= 0.6 is 0 Å². The van der Waals surface area contributed by atoms with Gasteiger partial charge in [-0.15, -0.1) is 0 Å². The highest BCUT2D eigenvalue weighted by molar-refractivity contribution is 5.06. The molecule has 0 radical (unpaired) electrons. The van der Waals surface area contributed by atoms with Crippen molar-refractivity contribution in [2.24, 2.45) is 0 Å². The van der Waals surface area contributed by atoms with Gasteiger partial charge in [0.15, 0.2) is 0 Å². The number of nitrogens with zero attached hydrogens (tertiary/aromatic N) is 2. The van der Waals surface area contributed by atoms with Gasteiger partial charge in [-0.25, -0.2) is 0 Å². The number of furan rings is 1. The molecule has 1 aromatic heterocycles. The third-order valence-electron chi connectivity index (χ3n) is 4.59. The summed E-state index contributed by atoms with van der Waals surface area (Å²) < 4.78 is 5.75. The summed E-state index contributed by atoms with van der Waals surface area (Å²) in [6.07, 6.45) is 7.25. The number of nitrogens with one attached hydrogen (secondary N) is 1. The lowest BCUT2D eigenvalue weighted by atomic mass is 10.1. The largest absolute Gasteiger partial charge is 0.468 e. The van der Waals surface area contributed by atoms with Gasteiger partial charge in [-0.2, -0.15) is 0 Å². The van der Waals surface area contributed by atoms with E-state index in [-0.39, 0.29) is 0 Å². The van der Waals surface area contributed by atoms with Gasteiger partial charge < -0.3 is 9.73 Å². The predicted molar refractivity (Wildman–Crippen MR) is 80.8 cm³/mol. The summed E-state index contributed by atoms with van der Waals surface area (Å²) in [5, 5.41) is 3.43. The minimum atomic E-state index is 0.432. The van der Waals surface area contributed by atoms with E-state index in [1.54, 1.807) is 0 Å². The van der Waals surface area contributed by atoms with Crippen molar-refractivity contribution in [3.05, 3.63) is 24.2 Å². The van der Waals surface area contributed by atoms with Crippen LogP contribution in [0.3, 0.4) is 0 Å². The monoisotopic (exact) mass is 277 g/mol. The van der Waals surface area contributed by atoms with Crippen LogP contribution in [0, 0.1) is 0 Å². The van der Waals surface area contributed by atoms with Crippen LogP contribution in [0.25, 0.3) is 0 Å². The summed E-state index contributed by atoms with van der Waals surface area (Å²) in [6.45, 7) is 8.09. The van der Waals surface area contributed by atoms with E-state index in [0.717, 1.165) is 38.5 Å². The molecule has 0 spiro atoms. The van der Waals surface area contributed by atoms with Crippen LogP contribution in [0.2, 0.25) is 0 Å². The SMILES string of the molecule is c1coc(C(CN2CCNCC2)N2CCCCCC2)c1. The Hall–Kier alpha value is -0.840. The molecule has 112 valence electrons. The van der Waals surface area contributed by atoms with Crippen molar-refractivity contribution in [1.29, 1.82) is 0 Å². The highest BCUT2D eigenvalue weighted by Gasteiger charge is 2.26. The third-order valence-corrected chi connectivity index (χ3v) is 4.59. The Balaban J connectivity index is 1.69. The maximum Gasteiger partial charge on any atom is 0.122 e. The molecule has 0 amide bonds. The van der Waals surface area contributed by atoms with Crippen LogP contribution in [0.1, 0.15) is 37.5 Å². The first kappa shape index (κ1) is 14.1. The van der Waals surface area contributed by atoms with Crippen LogP contribution in [-0.2, 0) is 0 Å². The van der Waals surface area contributed by atoms with E-state index in [4.69, 9.17) is 4.42 Å². The Bertz CT molecular complexity index is 365. The smallest absolute Gasteiger partial charge is 0.122 e. The molecule has 1 atom stereocenters. The number of hydrogen-bond acceptors (Lipinski definition) is 4. The highest BCUT2D eigenvalue weighted by Crippen LogP contribution is 2.25. The maximum atomic E-state index is 5.75. The summed E-state index contributed by atoms with van der Waals surface area (Å²) in [5.41, 5.74) is 0. The second-order valence-electron chi connectivity index (χ2n) is 6.03. The fraction of sp³-hybridized carbons (Fsp3) is 0.750. The molecule has 4 nitrogen and oxygen atoms in total. The van der Waals surface area contributed by atoms with Crippen molar-refractivity contribution < 1.29 is 4.42 Å². The van der Waals surface area contributed by atoms with E-state index in [9.17, 15) is 0 Å². The molecule has 2 fully saturated rings. The zero-order chi connectivity index (χ0) is 13.6. The van der Waals surface area contributed by atoms with Crippen LogP contribution in [0.4, 0.5) is 0 Å². The first-order chi connectivity index (χ1) is 9.93. The Morgan fingerprint density at radius 1 is 1.05 bits per heavy atom. The number of likely N-dealkylation sites (tertiary alicyclic amines) is 1. The molecule has 1 N–H and O–H groups in total. The molecule has 2 aliphatic rings. The van der Waals surface area contributed by atoms with Crippen molar-refractivity contribution in [3.8, 4) is 0 Å². The molecule has 2 saturated heterocycles. The summed E-state index contributed by atoms with van der Waals surface area (Å²) in [6, 6.07) is 4.61. The molecule has 3 heterocycles. The van der Waals surface area contributed by atoms with Crippen LogP contribution in [0.15, 0.2) is 22.8 Å². The quantitative estimate of drug-likeness (QED) is 0.913. The first-order valence-electron chi connectivity index (χ1n) is 8.14. The van der Waals surface area contributed by atoms with Gasteiger partial charge in [-0.1, -0.05) is 12.8 Å². The molecule has 0 saturated carbocycles. The average molecular weight is 277 g/mol. The van der Waals surface area contributed by atoms with E-state index < -0.39 is 0 Å². The van der Waals surface area contributed by atoms with Gasteiger partial charge in [0.1, 0.15) is 5.76 Å². The van der Waals surface area contributed by atoms with Gasteiger partial charge in [0.25, 0.3) is 0 Å². The van der Waals surface area contributed by atoms with E-state index >= 15 is 0 Å². The molecule has 0 aromatic carbocycles. The number of rotatable bonds is 4. The normalized spacial score (nSPS) is 24.4. The van der Waals surface area contributed by atoms with Crippen molar-refractivity contribution >= 4 is 0 Å². The predicted octanol–water partition coefficient (Wildman–Crippen LogP) is 2.10. The standard InChI is InChI=1S/C16H27N3O/c1-2-4-10-19(9-3-1)15(16-6-5-13-20-16)14-18-11-7-17-8-12-18/h5-6,13,15,17H,1-4,7-12,14H2. The topological polar surface area (TPSA) is 31.7 Å². The van der Waals surface area contributed by atoms with Gasteiger partial charge >= 0.3 is 0 Å². The molecule has 20 heavy (non-hydrogen) atoms. The minimum absolute atomic E-state index is 0.432. The Morgan fingerprint density at radius 2 is 1.80 bits per heavy atom. The lowest BCUT2D eigenvalue weighted by molar-refractivity contribution is 0.117. The molecular weight excluding hydrogens is 250 g/mol. The fourth-order valence-corrected chi connectivity index (χ4v) is 3.41. The van der Waals surface area contributed by atoms with Gasteiger partial charge in [0, 0.05) is 32.7 Å². The van der Waals surface area contributed by atoms with Crippen molar-refractivity contribution in [3.63, 3.8) is 0 Å². The molecular formula is C16H27N3O. The molecule has 1 aromatic rings. The second-order valence-corrected chi connectivity index (χ2v) is 6.03. The summed E-state index contributed by atoms with van der Waals surface area (Å²) >= 11 is 0.